The molecule has 1 aliphatic carbocycles. The zero-order valence-corrected chi connectivity index (χ0v) is 12.6. The molecule has 0 bridgehead atoms. The van der Waals surface area contributed by atoms with Crippen molar-refractivity contribution in [3.8, 4) is 0 Å². The molecule has 0 spiro atoms. The van der Waals surface area contributed by atoms with Gasteiger partial charge in [0.05, 0.1) is 11.6 Å². The van der Waals surface area contributed by atoms with Crippen molar-refractivity contribution in [2.45, 2.75) is 51.5 Å². The first kappa shape index (κ1) is 13.0. The molecule has 0 aromatic carbocycles. The first-order valence-electron chi connectivity index (χ1n) is 7.08. The van der Waals surface area contributed by atoms with Crippen LogP contribution in [0.3, 0.4) is 0 Å². The van der Waals surface area contributed by atoms with E-state index in [1.807, 2.05) is 18.7 Å². The van der Waals surface area contributed by atoms with Gasteiger partial charge in [-0.3, -0.25) is 4.68 Å². The Kier molecular flexibility index (Phi) is 3.29. The van der Waals surface area contributed by atoms with E-state index in [2.05, 4.69) is 16.6 Å². The van der Waals surface area contributed by atoms with Gasteiger partial charge in [-0.2, -0.15) is 5.10 Å². The number of rotatable bonds is 2. The molecule has 2 atom stereocenters. The zero-order chi connectivity index (χ0) is 13.6. The lowest BCUT2D eigenvalue weighted by atomic mass is 9.87. The van der Waals surface area contributed by atoms with Crippen LogP contribution in [0, 0.1) is 12.8 Å². The van der Waals surface area contributed by atoms with Crippen LogP contribution in [0.5, 0.6) is 0 Å². The van der Waals surface area contributed by atoms with Crippen molar-refractivity contribution in [3.05, 3.63) is 11.5 Å². The van der Waals surface area contributed by atoms with Gasteiger partial charge in [0.2, 0.25) is 0 Å². The molecule has 2 aromatic rings. The van der Waals surface area contributed by atoms with Crippen molar-refractivity contribution < 1.29 is 0 Å². The van der Waals surface area contributed by atoms with Gasteiger partial charge in [-0.1, -0.05) is 19.8 Å². The predicted molar refractivity (Wildman–Crippen MR) is 77.5 cm³/mol. The van der Waals surface area contributed by atoms with Crippen LogP contribution in [0.1, 0.15) is 50.2 Å². The molecular weight excluding hydrogens is 260 g/mol. The molecule has 2 unspecified atom stereocenters. The second-order valence-electron chi connectivity index (χ2n) is 5.84. The van der Waals surface area contributed by atoms with E-state index >= 15 is 0 Å². The molecule has 1 saturated carbocycles. The summed E-state index contributed by atoms with van der Waals surface area (Å²) in [7, 11) is 2.00. The second-order valence-corrected chi connectivity index (χ2v) is 6.11. The number of halogens is 1. The van der Waals surface area contributed by atoms with Crippen LogP contribution in [-0.4, -0.2) is 19.3 Å². The highest BCUT2D eigenvalue weighted by Gasteiger charge is 2.26. The third-order valence-corrected chi connectivity index (χ3v) is 4.54. The van der Waals surface area contributed by atoms with E-state index in [1.165, 1.54) is 25.7 Å². The Labute approximate surface area is 118 Å². The normalized spacial score (nSPS) is 24.2. The summed E-state index contributed by atoms with van der Waals surface area (Å²) in [5.74, 6) is 2.25. The highest BCUT2D eigenvalue weighted by molar-refractivity contribution is 6.16. The molecular formula is C14H21ClN4. The largest absolute Gasteiger partial charge is 0.309 e. The Morgan fingerprint density at radius 2 is 2.16 bits per heavy atom. The van der Waals surface area contributed by atoms with E-state index in [1.54, 1.807) is 0 Å². The molecule has 104 valence electrons. The Balaban J connectivity index is 2.14. The average Bonchev–Trinajstić information content (AvgIpc) is 2.88. The molecule has 0 radical (unpaired) electrons. The third-order valence-electron chi connectivity index (χ3n) is 4.30. The van der Waals surface area contributed by atoms with E-state index in [0.29, 0.717) is 11.9 Å². The number of hydrogen-bond donors (Lipinski definition) is 0. The van der Waals surface area contributed by atoms with Crippen molar-refractivity contribution in [2.75, 3.05) is 0 Å². The maximum atomic E-state index is 6.11. The topological polar surface area (TPSA) is 35.6 Å². The van der Waals surface area contributed by atoms with Crippen molar-refractivity contribution in [2.24, 2.45) is 13.0 Å². The molecule has 3 rings (SSSR count). The SMILES string of the molecule is Cc1nn(C)c2c1nc(CCl)n2C1CCCC(C)C1. The molecule has 0 amide bonds. The van der Waals surface area contributed by atoms with Gasteiger partial charge in [-0.15, -0.1) is 11.6 Å². The molecule has 0 saturated heterocycles. The van der Waals surface area contributed by atoms with E-state index in [0.717, 1.165) is 28.6 Å². The van der Waals surface area contributed by atoms with Crippen molar-refractivity contribution >= 4 is 22.8 Å². The molecule has 2 aromatic heterocycles. The number of hydrogen-bond acceptors (Lipinski definition) is 2. The van der Waals surface area contributed by atoms with Gasteiger partial charge in [-0.05, 0) is 25.7 Å². The molecule has 1 aliphatic rings. The summed E-state index contributed by atoms with van der Waals surface area (Å²) < 4.78 is 4.30. The number of fused-ring (bicyclic) bond motifs is 1. The Morgan fingerprint density at radius 1 is 1.37 bits per heavy atom. The fourth-order valence-corrected chi connectivity index (χ4v) is 3.64. The van der Waals surface area contributed by atoms with Crippen LogP contribution in [0.2, 0.25) is 0 Å². The Morgan fingerprint density at radius 3 is 2.84 bits per heavy atom. The maximum Gasteiger partial charge on any atom is 0.158 e. The maximum absolute atomic E-state index is 6.11. The summed E-state index contributed by atoms with van der Waals surface area (Å²) in [5, 5.41) is 4.49. The van der Waals surface area contributed by atoms with Crippen molar-refractivity contribution in [3.63, 3.8) is 0 Å². The van der Waals surface area contributed by atoms with Crippen LogP contribution in [0.25, 0.3) is 11.2 Å². The van der Waals surface area contributed by atoms with E-state index in [-0.39, 0.29) is 0 Å². The van der Waals surface area contributed by atoms with Crippen LogP contribution in [-0.2, 0) is 12.9 Å². The van der Waals surface area contributed by atoms with Gasteiger partial charge in [0, 0.05) is 13.1 Å². The lowest BCUT2D eigenvalue weighted by molar-refractivity contribution is 0.281. The summed E-state index contributed by atoms with van der Waals surface area (Å²) in [6.45, 7) is 4.36. The molecule has 0 N–H and O–H groups in total. The minimum atomic E-state index is 0.471. The monoisotopic (exact) mass is 280 g/mol. The Hall–Kier alpha value is -1.03. The van der Waals surface area contributed by atoms with Crippen LogP contribution in [0.4, 0.5) is 0 Å². The summed E-state index contributed by atoms with van der Waals surface area (Å²) in [6.07, 6.45) is 5.09. The average molecular weight is 281 g/mol. The predicted octanol–water partition coefficient (Wildman–Crippen LogP) is 3.57. The number of aromatic nitrogens is 4. The van der Waals surface area contributed by atoms with E-state index in [4.69, 9.17) is 16.6 Å². The molecule has 4 nitrogen and oxygen atoms in total. The lowest BCUT2D eigenvalue weighted by Crippen LogP contribution is -2.20. The summed E-state index contributed by atoms with van der Waals surface area (Å²) >= 11 is 6.11. The first-order chi connectivity index (χ1) is 9.11. The summed E-state index contributed by atoms with van der Waals surface area (Å²) in [6, 6.07) is 0.525. The number of alkyl halides is 1. The highest BCUT2D eigenvalue weighted by Crippen LogP contribution is 2.36. The van der Waals surface area contributed by atoms with Crippen LogP contribution in [0.15, 0.2) is 0 Å². The molecule has 1 fully saturated rings. The minimum Gasteiger partial charge on any atom is -0.309 e. The van der Waals surface area contributed by atoms with E-state index in [9.17, 15) is 0 Å². The van der Waals surface area contributed by atoms with Gasteiger partial charge in [-0.25, -0.2) is 4.98 Å². The first-order valence-corrected chi connectivity index (χ1v) is 7.61. The highest BCUT2D eigenvalue weighted by atomic mass is 35.5. The smallest absolute Gasteiger partial charge is 0.158 e. The zero-order valence-electron chi connectivity index (χ0n) is 11.9. The molecule has 0 aliphatic heterocycles. The standard InChI is InChI=1S/C14H21ClN4/c1-9-5-4-6-11(7-9)19-12(8-15)16-13-10(2)17-18(3)14(13)19/h9,11H,4-8H2,1-3H3. The van der Waals surface area contributed by atoms with E-state index < -0.39 is 0 Å². The number of aryl methyl sites for hydroxylation is 2. The number of nitrogens with zero attached hydrogens (tertiary/aromatic N) is 4. The number of imidazole rings is 1. The summed E-state index contributed by atoms with van der Waals surface area (Å²) in [4.78, 5) is 4.70. The minimum absolute atomic E-state index is 0.471. The lowest BCUT2D eigenvalue weighted by Gasteiger charge is -2.29. The summed E-state index contributed by atoms with van der Waals surface area (Å²) in [5.41, 5.74) is 3.13. The second kappa shape index (κ2) is 4.82. The van der Waals surface area contributed by atoms with Gasteiger partial charge >= 0.3 is 0 Å². The van der Waals surface area contributed by atoms with Crippen molar-refractivity contribution in [1.29, 1.82) is 0 Å². The van der Waals surface area contributed by atoms with Crippen LogP contribution >= 0.6 is 11.6 Å². The molecule has 5 heteroatoms. The van der Waals surface area contributed by atoms with Gasteiger partial charge in [0.1, 0.15) is 11.3 Å². The third kappa shape index (κ3) is 2.06. The van der Waals surface area contributed by atoms with Crippen molar-refractivity contribution in [1.82, 2.24) is 19.3 Å². The van der Waals surface area contributed by atoms with Gasteiger partial charge < -0.3 is 4.57 Å². The fourth-order valence-electron chi connectivity index (χ4n) is 3.46. The molecule has 2 heterocycles. The fraction of sp³-hybridized carbons (Fsp3) is 0.714. The van der Waals surface area contributed by atoms with Gasteiger partial charge in [0.15, 0.2) is 5.65 Å². The van der Waals surface area contributed by atoms with Gasteiger partial charge in [0.25, 0.3) is 0 Å². The Bertz CT molecular complexity index is 598. The van der Waals surface area contributed by atoms with Crippen LogP contribution < -0.4 is 0 Å². The molecule has 19 heavy (non-hydrogen) atoms. The quantitative estimate of drug-likeness (QED) is 0.789.